The van der Waals surface area contributed by atoms with Crippen molar-refractivity contribution in [1.29, 1.82) is 0 Å². The Morgan fingerprint density at radius 1 is 1.40 bits per heavy atom. The fraction of sp³-hybridized carbons (Fsp3) is 0.250. The second-order valence-electron chi connectivity index (χ2n) is 2.64. The Morgan fingerprint density at radius 3 is 2.47 bits per heavy atom. The molecular formula is C8H6BrClF3NO. The fourth-order valence-corrected chi connectivity index (χ4v) is 1.61. The molecule has 1 aromatic rings. The maximum absolute atomic E-state index is 12.0. The van der Waals surface area contributed by atoms with Crippen molar-refractivity contribution in [3.8, 4) is 5.75 Å². The van der Waals surface area contributed by atoms with E-state index in [4.69, 9.17) is 17.3 Å². The number of ether oxygens (including phenoxy) is 1. The molecule has 0 aromatic heterocycles. The third-order valence-corrected chi connectivity index (χ3v) is 2.56. The summed E-state index contributed by atoms with van der Waals surface area (Å²) in [5.41, 5.74) is 5.69. The van der Waals surface area contributed by atoms with Crippen molar-refractivity contribution in [3.05, 3.63) is 22.7 Å². The number of nitrogen functional groups attached to an aromatic ring is 1. The van der Waals surface area contributed by atoms with Gasteiger partial charge in [0.25, 0.3) is 0 Å². The highest BCUT2D eigenvalue weighted by atomic mass is 79.9. The van der Waals surface area contributed by atoms with Gasteiger partial charge in [-0.05, 0) is 6.07 Å². The summed E-state index contributed by atoms with van der Waals surface area (Å²) in [5.74, 6) is -0.457. The molecule has 2 nitrogen and oxygen atoms in total. The summed E-state index contributed by atoms with van der Waals surface area (Å²) >= 11 is 8.64. The fourth-order valence-electron chi connectivity index (χ4n) is 0.943. The first-order chi connectivity index (χ1) is 6.85. The molecule has 0 saturated carbocycles. The summed E-state index contributed by atoms with van der Waals surface area (Å²) in [7, 11) is 0. The SMILES string of the molecule is Nc1ccc(CBr)c(OC(F)(F)F)c1Cl. The van der Waals surface area contributed by atoms with Gasteiger partial charge in [-0.1, -0.05) is 33.6 Å². The number of anilines is 1. The van der Waals surface area contributed by atoms with Gasteiger partial charge in [0, 0.05) is 10.9 Å². The van der Waals surface area contributed by atoms with Crippen LogP contribution in [0.25, 0.3) is 0 Å². The van der Waals surface area contributed by atoms with Crippen molar-refractivity contribution in [1.82, 2.24) is 0 Å². The zero-order valence-corrected chi connectivity index (χ0v) is 9.58. The van der Waals surface area contributed by atoms with Gasteiger partial charge < -0.3 is 10.5 Å². The van der Waals surface area contributed by atoms with Gasteiger partial charge in [0.1, 0.15) is 5.02 Å². The topological polar surface area (TPSA) is 35.2 Å². The van der Waals surface area contributed by atoms with Crippen LogP contribution in [0.5, 0.6) is 5.75 Å². The molecule has 0 saturated heterocycles. The zero-order chi connectivity index (χ0) is 11.6. The van der Waals surface area contributed by atoms with Crippen molar-refractivity contribution in [2.75, 3.05) is 5.73 Å². The molecule has 2 N–H and O–H groups in total. The predicted octanol–water partition coefficient (Wildman–Crippen LogP) is 3.72. The lowest BCUT2D eigenvalue weighted by Gasteiger charge is -2.14. The van der Waals surface area contributed by atoms with Crippen LogP contribution in [0.15, 0.2) is 12.1 Å². The highest BCUT2D eigenvalue weighted by molar-refractivity contribution is 9.08. The van der Waals surface area contributed by atoms with Crippen LogP contribution in [0.1, 0.15) is 5.56 Å². The Bertz CT molecular complexity index is 370. The third kappa shape index (κ3) is 3.17. The molecule has 0 amide bonds. The van der Waals surface area contributed by atoms with E-state index >= 15 is 0 Å². The smallest absolute Gasteiger partial charge is 0.404 e. The van der Waals surface area contributed by atoms with E-state index in [1.807, 2.05) is 0 Å². The van der Waals surface area contributed by atoms with Gasteiger partial charge in [0.05, 0.1) is 5.69 Å². The van der Waals surface area contributed by atoms with E-state index in [9.17, 15) is 13.2 Å². The largest absolute Gasteiger partial charge is 0.573 e. The van der Waals surface area contributed by atoms with E-state index in [-0.39, 0.29) is 21.6 Å². The summed E-state index contributed by atoms with van der Waals surface area (Å²) in [6.45, 7) is 0. The summed E-state index contributed by atoms with van der Waals surface area (Å²) in [5, 5.41) is -0.0393. The van der Waals surface area contributed by atoms with Crippen LogP contribution in [-0.4, -0.2) is 6.36 Å². The maximum Gasteiger partial charge on any atom is 0.573 e. The first-order valence-electron chi connectivity index (χ1n) is 3.73. The number of nitrogens with two attached hydrogens (primary N) is 1. The Labute approximate surface area is 97.3 Å². The first-order valence-corrected chi connectivity index (χ1v) is 5.23. The van der Waals surface area contributed by atoms with Crippen LogP contribution in [0.4, 0.5) is 18.9 Å². The van der Waals surface area contributed by atoms with Crippen LogP contribution in [-0.2, 0) is 5.33 Å². The number of rotatable bonds is 2. The lowest BCUT2D eigenvalue weighted by molar-refractivity contribution is -0.274. The molecule has 0 aliphatic heterocycles. The minimum atomic E-state index is -4.78. The highest BCUT2D eigenvalue weighted by Gasteiger charge is 2.33. The average molecular weight is 304 g/mol. The molecular weight excluding hydrogens is 298 g/mol. The lowest BCUT2D eigenvalue weighted by atomic mass is 10.2. The van der Waals surface area contributed by atoms with E-state index in [0.29, 0.717) is 0 Å². The Hall–Kier alpha value is -0.620. The molecule has 0 bridgehead atoms. The monoisotopic (exact) mass is 303 g/mol. The molecule has 0 unspecified atom stereocenters. The molecule has 84 valence electrons. The van der Waals surface area contributed by atoms with Crippen molar-refractivity contribution in [3.63, 3.8) is 0 Å². The number of hydrogen-bond acceptors (Lipinski definition) is 2. The van der Waals surface area contributed by atoms with E-state index in [0.717, 1.165) is 0 Å². The normalized spacial score (nSPS) is 11.5. The average Bonchev–Trinajstić information content (AvgIpc) is 2.11. The molecule has 0 radical (unpaired) electrons. The van der Waals surface area contributed by atoms with Crippen LogP contribution in [0.3, 0.4) is 0 Å². The number of hydrogen-bond donors (Lipinski definition) is 1. The molecule has 0 aliphatic carbocycles. The van der Waals surface area contributed by atoms with Gasteiger partial charge >= 0.3 is 6.36 Å². The second kappa shape index (κ2) is 4.49. The lowest BCUT2D eigenvalue weighted by Crippen LogP contribution is -2.18. The van der Waals surface area contributed by atoms with Gasteiger partial charge in [-0.3, -0.25) is 0 Å². The molecule has 7 heteroatoms. The molecule has 0 heterocycles. The van der Waals surface area contributed by atoms with E-state index in [2.05, 4.69) is 20.7 Å². The summed E-state index contributed by atoms with van der Waals surface area (Å²) in [6.07, 6.45) is -4.78. The Kier molecular flexibility index (Phi) is 3.72. The van der Waals surface area contributed by atoms with Crippen LogP contribution >= 0.6 is 27.5 Å². The number of halogens is 5. The minimum absolute atomic E-state index is 0.0422. The molecule has 0 aliphatic rings. The van der Waals surface area contributed by atoms with E-state index in [1.54, 1.807) is 0 Å². The zero-order valence-electron chi connectivity index (χ0n) is 7.24. The third-order valence-electron chi connectivity index (χ3n) is 1.57. The Balaban J connectivity index is 3.18. The number of benzene rings is 1. The second-order valence-corrected chi connectivity index (χ2v) is 3.58. The molecule has 15 heavy (non-hydrogen) atoms. The van der Waals surface area contributed by atoms with Crippen LogP contribution in [0, 0.1) is 0 Å². The molecule has 0 spiro atoms. The van der Waals surface area contributed by atoms with Crippen LogP contribution < -0.4 is 10.5 Å². The van der Waals surface area contributed by atoms with Gasteiger partial charge in [0.15, 0.2) is 5.75 Å². The maximum atomic E-state index is 12.0. The summed E-state index contributed by atoms with van der Waals surface area (Å²) < 4.78 is 39.9. The Morgan fingerprint density at radius 2 is 2.00 bits per heavy atom. The van der Waals surface area contributed by atoms with Gasteiger partial charge in [-0.15, -0.1) is 13.2 Å². The molecule has 0 atom stereocenters. The van der Waals surface area contributed by atoms with Gasteiger partial charge in [0.2, 0.25) is 0 Å². The summed E-state index contributed by atoms with van der Waals surface area (Å²) in [6, 6.07) is 2.83. The minimum Gasteiger partial charge on any atom is -0.404 e. The standard InChI is InChI=1S/C8H6BrClF3NO/c9-3-4-1-2-5(14)6(10)7(4)15-8(11,12)13/h1-2H,3,14H2. The molecule has 1 rings (SSSR count). The van der Waals surface area contributed by atoms with Crippen molar-refractivity contribution in [2.24, 2.45) is 0 Å². The van der Waals surface area contributed by atoms with Gasteiger partial charge in [-0.2, -0.15) is 0 Å². The van der Waals surface area contributed by atoms with Crippen molar-refractivity contribution >= 4 is 33.2 Å². The quantitative estimate of drug-likeness (QED) is 0.667. The van der Waals surface area contributed by atoms with E-state index in [1.165, 1.54) is 12.1 Å². The van der Waals surface area contributed by atoms with Crippen molar-refractivity contribution in [2.45, 2.75) is 11.7 Å². The summed E-state index contributed by atoms with van der Waals surface area (Å²) in [4.78, 5) is 0. The van der Waals surface area contributed by atoms with Crippen molar-refractivity contribution < 1.29 is 17.9 Å². The highest BCUT2D eigenvalue weighted by Crippen LogP contribution is 2.38. The number of alkyl halides is 4. The van der Waals surface area contributed by atoms with E-state index < -0.39 is 12.1 Å². The predicted molar refractivity (Wildman–Crippen MR) is 55.2 cm³/mol. The first kappa shape index (κ1) is 12.4. The molecule has 1 aromatic carbocycles. The van der Waals surface area contributed by atoms with Gasteiger partial charge in [-0.25, -0.2) is 0 Å². The van der Waals surface area contributed by atoms with Crippen LogP contribution in [0.2, 0.25) is 5.02 Å². The molecule has 0 fully saturated rings.